The zero-order valence-electron chi connectivity index (χ0n) is 15.3. The highest BCUT2D eigenvalue weighted by Gasteiger charge is 2.23. The highest BCUT2D eigenvalue weighted by atomic mass is 32.1. The molecule has 1 atom stereocenters. The van der Waals surface area contributed by atoms with E-state index in [4.69, 9.17) is 34.3 Å². The van der Waals surface area contributed by atoms with Gasteiger partial charge in [0.25, 0.3) is 0 Å². The van der Waals surface area contributed by atoms with Crippen LogP contribution in [0.1, 0.15) is 12.0 Å². The number of hydrogen-bond donors (Lipinski definition) is 5. The van der Waals surface area contributed by atoms with Crippen molar-refractivity contribution in [3.8, 4) is 11.4 Å². The van der Waals surface area contributed by atoms with E-state index in [0.29, 0.717) is 22.4 Å². The van der Waals surface area contributed by atoms with Crippen molar-refractivity contribution >= 4 is 41.8 Å². The summed E-state index contributed by atoms with van der Waals surface area (Å²) >= 11 is 10.5. The summed E-state index contributed by atoms with van der Waals surface area (Å²) in [5.41, 5.74) is 3.61. The van der Waals surface area contributed by atoms with E-state index in [2.05, 4.69) is 20.8 Å². The van der Waals surface area contributed by atoms with Gasteiger partial charge in [0, 0.05) is 11.4 Å². The van der Waals surface area contributed by atoms with Crippen LogP contribution in [0.15, 0.2) is 42.5 Å². The number of H-pyrrole nitrogens is 2. The van der Waals surface area contributed by atoms with Gasteiger partial charge in [-0.25, -0.2) is 4.79 Å². The smallest absolute Gasteiger partial charge is 0.326 e. The fourth-order valence-corrected chi connectivity index (χ4v) is 3.81. The minimum absolute atomic E-state index is 0.277. The van der Waals surface area contributed by atoms with E-state index in [9.17, 15) is 4.79 Å². The Hall–Kier alpha value is -3.11. The zero-order valence-corrected chi connectivity index (χ0v) is 16.9. The van der Waals surface area contributed by atoms with Crippen LogP contribution in [0.2, 0.25) is 0 Å². The molecule has 8 nitrogen and oxygen atoms in total. The Balaban J connectivity index is 1.40. The van der Waals surface area contributed by atoms with Crippen molar-refractivity contribution in [3.05, 3.63) is 57.6 Å². The fourth-order valence-electron chi connectivity index (χ4n) is 3.26. The Morgan fingerprint density at radius 1 is 1.21 bits per heavy atom. The number of carboxylic acid groups (broad SMARTS) is 1. The second-order valence-corrected chi connectivity index (χ2v) is 7.38. The number of aliphatic carboxylic acids is 1. The molecular formula is C19H19N5O3S2. The summed E-state index contributed by atoms with van der Waals surface area (Å²) in [6.45, 7) is 0.277. The number of nitrogens with one attached hydrogen (secondary N) is 4. The molecule has 10 heteroatoms. The van der Waals surface area contributed by atoms with Gasteiger partial charge in [0.15, 0.2) is 16.3 Å². The van der Waals surface area contributed by atoms with Crippen LogP contribution in [0.3, 0.4) is 0 Å². The second kappa shape index (κ2) is 8.10. The number of fused-ring (bicyclic) bond motifs is 1. The van der Waals surface area contributed by atoms with Gasteiger partial charge in [-0.3, -0.25) is 14.8 Å². The predicted octanol–water partition coefficient (Wildman–Crippen LogP) is 3.85. The lowest BCUT2D eigenvalue weighted by Crippen LogP contribution is -2.33. The molecule has 3 aromatic rings. The summed E-state index contributed by atoms with van der Waals surface area (Å²) in [5.74, 6) is -0.109. The largest absolute Gasteiger partial charge is 0.480 e. The van der Waals surface area contributed by atoms with Gasteiger partial charge in [-0.2, -0.15) is 0 Å². The molecule has 0 saturated heterocycles. The van der Waals surface area contributed by atoms with Gasteiger partial charge in [0.1, 0.15) is 11.8 Å². The molecule has 0 saturated carbocycles. The Bertz CT molecular complexity index is 1140. The SMILES string of the molecule is O=C(O)C1CCc2cc(OCNc3cccc(-n4c(=S)[nH][nH]c4=S)c3)ccc2N1. The van der Waals surface area contributed by atoms with Crippen molar-refractivity contribution < 1.29 is 14.6 Å². The molecule has 0 fully saturated rings. The van der Waals surface area contributed by atoms with Crippen LogP contribution >= 0.6 is 24.4 Å². The van der Waals surface area contributed by atoms with Crippen LogP contribution in [0, 0.1) is 9.54 Å². The Kier molecular flexibility index (Phi) is 5.36. The number of ether oxygens (including phenoxy) is 1. The first kappa shape index (κ1) is 19.2. The minimum Gasteiger partial charge on any atom is -0.480 e. The van der Waals surface area contributed by atoms with Crippen molar-refractivity contribution in [1.29, 1.82) is 0 Å². The molecule has 5 N–H and O–H groups in total. The molecule has 1 unspecified atom stereocenters. The second-order valence-electron chi connectivity index (χ2n) is 6.60. The third kappa shape index (κ3) is 4.17. The van der Waals surface area contributed by atoms with E-state index in [-0.39, 0.29) is 6.73 Å². The van der Waals surface area contributed by atoms with Crippen molar-refractivity contribution in [3.63, 3.8) is 0 Å². The molecule has 2 heterocycles. The molecule has 0 radical (unpaired) electrons. The number of benzene rings is 2. The van der Waals surface area contributed by atoms with Gasteiger partial charge in [-0.05, 0) is 79.2 Å². The van der Waals surface area contributed by atoms with Crippen molar-refractivity contribution in [2.45, 2.75) is 18.9 Å². The Labute approximate surface area is 176 Å². The number of carboxylic acids is 1. The molecule has 0 amide bonds. The predicted molar refractivity (Wildman–Crippen MR) is 115 cm³/mol. The molecule has 1 aliphatic heterocycles. The molecule has 150 valence electrons. The maximum Gasteiger partial charge on any atom is 0.326 e. The van der Waals surface area contributed by atoms with Crippen LogP contribution in [0.5, 0.6) is 5.75 Å². The third-order valence-electron chi connectivity index (χ3n) is 4.71. The fraction of sp³-hybridized carbons (Fsp3) is 0.211. The molecule has 0 aliphatic carbocycles. The summed E-state index contributed by atoms with van der Waals surface area (Å²) in [7, 11) is 0. The molecule has 1 aromatic heterocycles. The molecular weight excluding hydrogens is 410 g/mol. The van der Waals surface area contributed by atoms with Crippen LogP contribution in [0.4, 0.5) is 11.4 Å². The lowest BCUT2D eigenvalue weighted by Gasteiger charge is -2.24. The number of aromatic nitrogens is 3. The number of nitrogens with zero attached hydrogens (tertiary/aromatic N) is 1. The Morgan fingerprint density at radius 3 is 2.76 bits per heavy atom. The highest BCUT2D eigenvalue weighted by molar-refractivity contribution is 7.72. The normalized spacial score (nSPS) is 15.2. The monoisotopic (exact) mass is 429 g/mol. The number of aryl methyl sites for hydroxylation is 1. The number of rotatable bonds is 6. The average molecular weight is 430 g/mol. The Morgan fingerprint density at radius 2 is 2.00 bits per heavy atom. The number of hydrogen-bond acceptors (Lipinski definition) is 6. The van der Waals surface area contributed by atoms with Gasteiger partial charge in [0.2, 0.25) is 0 Å². The van der Waals surface area contributed by atoms with Gasteiger partial charge in [0.05, 0.1) is 5.69 Å². The standard InChI is InChI=1S/C19H19N5O3S2/c25-17(26)16-6-4-11-8-14(5-7-15(11)21-16)27-10-20-12-2-1-3-13(9-12)24-18(28)22-23-19(24)29/h1-3,5,7-9,16,20-21H,4,6,10H2,(H,22,28)(H,23,29)(H,25,26). The van der Waals surface area contributed by atoms with Crippen LogP contribution in [-0.2, 0) is 11.2 Å². The maximum atomic E-state index is 11.1. The van der Waals surface area contributed by atoms with Crippen molar-refractivity contribution in [1.82, 2.24) is 14.8 Å². The number of aromatic amines is 2. The molecule has 29 heavy (non-hydrogen) atoms. The highest BCUT2D eigenvalue weighted by Crippen LogP contribution is 2.28. The third-order valence-corrected chi connectivity index (χ3v) is 5.28. The quantitative estimate of drug-likeness (QED) is 0.299. The maximum absolute atomic E-state index is 11.1. The molecule has 0 spiro atoms. The van der Waals surface area contributed by atoms with E-state index in [0.717, 1.165) is 28.4 Å². The van der Waals surface area contributed by atoms with E-state index in [1.54, 1.807) is 4.57 Å². The molecule has 0 bridgehead atoms. The van der Waals surface area contributed by atoms with E-state index in [1.807, 2.05) is 42.5 Å². The van der Waals surface area contributed by atoms with E-state index >= 15 is 0 Å². The van der Waals surface area contributed by atoms with Crippen LogP contribution < -0.4 is 15.4 Å². The van der Waals surface area contributed by atoms with E-state index < -0.39 is 12.0 Å². The topological polar surface area (TPSA) is 107 Å². The summed E-state index contributed by atoms with van der Waals surface area (Å²) in [6.07, 6.45) is 1.25. The van der Waals surface area contributed by atoms with E-state index in [1.165, 1.54) is 0 Å². The van der Waals surface area contributed by atoms with Gasteiger partial charge in [-0.15, -0.1) is 0 Å². The van der Waals surface area contributed by atoms with Gasteiger partial charge < -0.3 is 20.5 Å². The zero-order chi connectivity index (χ0) is 20.4. The molecule has 4 rings (SSSR count). The van der Waals surface area contributed by atoms with Crippen LogP contribution in [0.25, 0.3) is 5.69 Å². The first-order valence-electron chi connectivity index (χ1n) is 9.00. The minimum atomic E-state index is -0.829. The summed E-state index contributed by atoms with van der Waals surface area (Å²) in [6, 6.07) is 12.8. The lowest BCUT2D eigenvalue weighted by molar-refractivity contribution is -0.138. The number of anilines is 2. The lowest BCUT2D eigenvalue weighted by atomic mass is 9.98. The molecule has 1 aliphatic rings. The number of carbonyl (C=O) groups is 1. The first-order chi connectivity index (χ1) is 14.0. The molecule has 2 aromatic carbocycles. The van der Waals surface area contributed by atoms with Crippen molar-refractivity contribution in [2.75, 3.05) is 17.4 Å². The van der Waals surface area contributed by atoms with Crippen LogP contribution in [-0.4, -0.2) is 38.6 Å². The van der Waals surface area contributed by atoms with Gasteiger partial charge in [-0.1, -0.05) is 6.07 Å². The first-order valence-corrected chi connectivity index (χ1v) is 9.82. The van der Waals surface area contributed by atoms with Gasteiger partial charge >= 0.3 is 5.97 Å². The van der Waals surface area contributed by atoms with Crippen molar-refractivity contribution in [2.24, 2.45) is 0 Å². The summed E-state index contributed by atoms with van der Waals surface area (Å²) < 4.78 is 8.54. The summed E-state index contributed by atoms with van der Waals surface area (Å²) in [5, 5.41) is 21.0. The average Bonchev–Trinajstić information content (AvgIpc) is 3.06. The summed E-state index contributed by atoms with van der Waals surface area (Å²) in [4.78, 5) is 11.1.